The smallest absolute Gasteiger partial charge is 0.208 e. The van der Waals surface area contributed by atoms with Crippen molar-refractivity contribution in [3.05, 3.63) is 29.6 Å². The van der Waals surface area contributed by atoms with Gasteiger partial charge in [0.05, 0.1) is 4.90 Å². The molecule has 0 saturated heterocycles. The van der Waals surface area contributed by atoms with Crippen LogP contribution < -0.4 is 4.72 Å². The monoisotopic (exact) mass is 311 g/mol. The number of benzene rings is 1. The second-order valence-electron chi connectivity index (χ2n) is 6.66. The van der Waals surface area contributed by atoms with E-state index >= 15 is 0 Å². The maximum absolute atomic E-state index is 13.1. The van der Waals surface area contributed by atoms with E-state index in [2.05, 4.69) is 4.72 Å². The largest absolute Gasteiger partial charge is 0.241 e. The third-order valence-electron chi connectivity index (χ3n) is 5.20. The number of aryl methyl sites for hydroxylation is 1. The summed E-state index contributed by atoms with van der Waals surface area (Å²) in [5.74, 6) is 1.49. The second-order valence-corrected chi connectivity index (χ2v) is 8.34. The second kappa shape index (κ2) is 5.36. The highest BCUT2D eigenvalue weighted by Gasteiger charge is 2.42. The minimum absolute atomic E-state index is 0.0604. The predicted molar refractivity (Wildman–Crippen MR) is 79.9 cm³/mol. The summed E-state index contributed by atoms with van der Waals surface area (Å²) in [4.78, 5) is 0.180. The zero-order valence-electron chi connectivity index (χ0n) is 12.5. The molecule has 116 valence electrons. The first-order chi connectivity index (χ1) is 9.87. The normalized spacial score (nSPS) is 29.8. The van der Waals surface area contributed by atoms with Crippen molar-refractivity contribution in [1.82, 2.24) is 4.72 Å². The maximum atomic E-state index is 13.1. The highest BCUT2D eigenvalue weighted by atomic mass is 32.2. The molecule has 0 radical (unpaired) electrons. The summed E-state index contributed by atoms with van der Waals surface area (Å²) in [5, 5.41) is 0. The Hall–Kier alpha value is -0.940. The number of sulfonamides is 1. The van der Waals surface area contributed by atoms with E-state index < -0.39 is 15.8 Å². The van der Waals surface area contributed by atoms with Gasteiger partial charge in [-0.3, -0.25) is 0 Å². The minimum atomic E-state index is -3.58. The number of hydrogen-bond acceptors (Lipinski definition) is 2. The third kappa shape index (κ3) is 2.86. The molecule has 0 unspecified atom stereocenters. The van der Waals surface area contributed by atoms with Gasteiger partial charge in [0.15, 0.2) is 0 Å². The van der Waals surface area contributed by atoms with Gasteiger partial charge in [-0.25, -0.2) is 17.5 Å². The molecule has 5 heteroatoms. The molecule has 2 aliphatic carbocycles. The molecule has 0 aromatic heterocycles. The van der Waals surface area contributed by atoms with Crippen molar-refractivity contribution in [3.8, 4) is 0 Å². The van der Waals surface area contributed by atoms with Crippen molar-refractivity contribution < 1.29 is 12.8 Å². The zero-order valence-corrected chi connectivity index (χ0v) is 13.3. The van der Waals surface area contributed by atoms with Crippen molar-refractivity contribution in [3.63, 3.8) is 0 Å². The SMILES string of the molecule is Cc1cc(F)ccc1S(=O)(=O)N[C@H](C)[C@H]1C[C@H]2CC[C@H]1C2. The highest BCUT2D eigenvalue weighted by Crippen LogP contribution is 2.49. The molecule has 1 aromatic carbocycles. The first-order valence-corrected chi connectivity index (χ1v) is 9.13. The molecular weight excluding hydrogens is 289 g/mol. The first kappa shape index (κ1) is 15.0. The average molecular weight is 311 g/mol. The lowest BCUT2D eigenvalue weighted by Gasteiger charge is -2.28. The van der Waals surface area contributed by atoms with Crippen LogP contribution in [-0.2, 0) is 10.0 Å². The number of nitrogens with one attached hydrogen (secondary N) is 1. The summed E-state index contributed by atoms with van der Waals surface area (Å²) >= 11 is 0. The van der Waals surface area contributed by atoms with Crippen LogP contribution in [0.1, 0.15) is 38.2 Å². The quantitative estimate of drug-likeness (QED) is 0.928. The van der Waals surface area contributed by atoms with Crippen molar-refractivity contribution in [1.29, 1.82) is 0 Å². The lowest BCUT2D eigenvalue weighted by molar-refractivity contribution is 0.280. The summed E-state index contributed by atoms with van der Waals surface area (Å²) < 4.78 is 40.9. The molecular formula is C16H22FNO2S. The number of halogens is 1. The van der Waals surface area contributed by atoms with E-state index in [0.29, 0.717) is 17.4 Å². The molecule has 21 heavy (non-hydrogen) atoms. The van der Waals surface area contributed by atoms with Gasteiger partial charge in [-0.2, -0.15) is 0 Å². The van der Waals surface area contributed by atoms with E-state index in [9.17, 15) is 12.8 Å². The molecule has 0 aliphatic heterocycles. The topological polar surface area (TPSA) is 46.2 Å². The first-order valence-electron chi connectivity index (χ1n) is 7.65. The Balaban J connectivity index is 1.76. The maximum Gasteiger partial charge on any atom is 0.241 e. The number of hydrogen-bond donors (Lipinski definition) is 1. The van der Waals surface area contributed by atoms with Crippen molar-refractivity contribution in [2.24, 2.45) is 17.8 Å². The molecule has 4 atom stereocenters. The molecule has 2 fully saturated rings. The van der Waals surface area contributed by atoms with Gasteiger partial charge >= 0.3 is 0 Å². The molecule has 1 N–H and O–H groups in total. The van der Waals surface area contributed by atoms with Crippen molar-refractivity contribution >= 4 is 10.0 Å². The Morgan fingerprint density at radius 1 is 1.29 bits per heavy atom. The zero-order chi connectivity index (χ0) is 15.2. The summed E-state index contributed by atoms with van der Waals surface area (Å²) in [6.45, 7) is 3.58. The molecule has 3 rings (SSSR count). The van der Waals surface area contributed by atoms with Crippen LogP contribution in [0.15, 0.2) is 23.1 Å². The molecule has 2 bridgehead atoms. The van der Waals surface area contributed by atoms with Crippen LogP contribution in [0.5, 0.6) is 0 Å². The molecule has 0 amide bonds. The minimum Gasteiger partial charge on any atom is -0.208 e. The summed E-state index contributed by atoms with van der Waals surface area (Å²) in [6.07, 6.45) is 4.93. The van der Waals surface area contributed by atoms with Gasteiger partial charge in [0, 0.05) is 6.04 Å². The van der Waals surface area contributed by atoms with Crippen molar-refractivity contribution in [2.75, 3.05) is 0 Å². The van der Waals surface area contributed by atoms with Crippen LogP contribution in [0.4, 0.5) is 4.39 Å². The lowest BCUT2D eigenvalue weighted by Crippen LogP contribution is -2.40. The summed E-state index contributed by atoms with van der Waals surface area (Å²) in [6, 6.07) is 3.75. The van der Waals surface area contributed by atoms with E-state index in [1.807, 2.05) is 6.92 Å². The number of fused-ring (bicyclic) bond motifs is 2. The summed E-state index contributed by atoms with van der Waals surface area (Å²) in [5.41, 5.74) is 0.447. The fourth-order valence-electron chi connectivity index (χ4n) is 4.22. The van der Waals surface area contributed by atoms with Gasteiger partial charge < -0.3 is 0 Å². The van der Waals surface area contributed by atoms with Gasteiger partial charge in [-0.15, -0.1) is 0 Å². The van der Waals surface area contributed by atoms with E-state index in [1.54, 1.807) is 6.92 Å². The van der Waals surface area contributed by atoms with Crippen LogP contribution in [0.2, 0.25) is 0 Å². The van der Waals surface area contributed by atoms with E-state index in [-0.39, 0.29) is 10.9 Å². The van der Waals surface area contributed by atoms with E-state index in [1.165, 1.54) is 37.5 Å². The average Bonchev–Trinajstić information content (AvgIpc) is 2.99. The molecule has 2 aliphatic rings. The van der Waals surface area contributed by atoms with Gasteiger partial charge in [0.1, 0.15) is 5.82 Å². The number of rotatable bonds is 4. The molecule has 0 heterocycles. The highest BCUT2D eigenvalue weighted by molar-refractivity contribution is 7.89. The van der Waals surface area contributed by atoms with Crippen LogP contribution in [0.3, 0.4) is 0 Å². The Kier molecular flexibility index (Phi) is 3.82. The Bertz CT molecular complexity index is 644. The van der Waals surface area contributed by atoms with Crippen LogP contribution in [0, 0.1) is 30.5 Å². The molecule has 2 saturated carbocycles. The Morgan fingerprint density at radius 2 is 2.05 bits per heavy atom. The lowest BCUT2D eigenvalue weighted by atomic mass is 9.84. The van der Waals surface area contributed by atoms with Crippen LogP contribution in [0.25, 0.3) is 0 Å². The van der Waals surface area contributed by atoms with Crippen molar-refractivity contribution in [2.45, 2.75) is 50.5 Å². The van der Waals surface area contributed by atoms with Gasteiger partial charge in [-0.05, 0) is 74.6 Å². The summed E-state index contributed by atoms with van der Waals surface area (Å²) in [7, 11) is -3.58. The predicted octanol–water partition coefficient (Wildman–Crippen LogP) is 3.24. The van der Waals surface area contributed by atoms with Gasteiger partial charge in [0.2, 0.25) is 10.0 Å². The van der Waals surface area contributed by atoms with Crippen LogP contribution >= 0.6 is 0 Å². The Labute approximate surface area is 126 Å². The fraction of sp³-hybridized carbons (Fsp3) is 0.625. The van der Waals surface area contributed by atoms with E-state index in [4.69, 9.17) is 0 Å². The molecule has 0 spiro atoms. The molecule has 1 aromatic rings. The Morgan fingerprint density at radius 3 is 2.62 bits per heavy atom. The standard InChI is InChI=1S/C16H22FNO2S/c1-10-7-14(17)5-6-16(10)21(19,20)18-11(2)15-9-12-3-4-13(15)8-12/h5-7,11-13,15,18H,3-4,8-9H2,1-2H3/t11-,12+,13+,15-/m1/s1. The molecule has 3 nitrogen and oxygen atoms in total. The third-order valence-corrected chi connectivity index (χ3v) is 6.92. The van der Waals surface area contributed by atoms with Gasteiger partial charge in [0.25, 0.3) is 0 Å². The van der Waals surface area contributed by atoms with E-state index in [0.717, 1.165) is 12.3 Å². The fourth-order valence-corrected chi connectivity index (χ4v) is 5.74. The van der Waals surface area contributed by atoms with Crippen LogP contribution in [-0.4, -0.2) is 14.5 Å². The van der Waals surface area contributed by atoms with Gasteiger partial charge in [-0.1, -0.05) is 6.42 Å².